The third-order valence-corrected chi connectivity index (χ3v) is 16.4. The molecule has 4 N–H and O–H groups in total. The first-order valence-electron chi connectivity index (χ1n) is 22.0. The van der Waals surface area contributed by atoms with Crippen LogP contribution in [0.5, 0.6) is 11.5 Å². The van der Waals surface area contributed by atoms with E-state index in [1.165, 1.54) is 99.3 Å². The Kier molecular flexibility index (Phi) is 10.6. The quantitative estimate of drug-likeness (QED) is 0.151. The first-order chi connectivity index (χ1) is 26.5. The van der Waals surface area contributed by atoms with E-state index in [0.29, 0.717) is 10.8 Å². The van der Waals surface area contributed by atoms with Crippen LogP contribution in [0.3, 0.4) is 0 Å². The highest BCUT2D eigenvalue weighted by atomic mass is 16.5. The molecule has 4 aromatic carbocycles. The summed E-state index contributed by atoms with van der Waals surface area (Å²) in [5, 5.41) is 0. The molecule has 9 atom stereocenters. The van der Waals surface area contributed by atoms with Crippen LogP contribution in [0.4, 0.5) is 11.4 Å². The van der Waals surface area contributed by atoms with E-state index in [2.05, 4.69) is 95.3 Å². The molecule has 0 aliphatic heterocycles. The van der Waals surface area contributed by atoms with Gasteiger partial charge in [-0.1, -0.05) is 102 Å². The van der Waals surface area contributed by atoms with E-state index >= 15 is 0 Å². The molecule has 9 unspecified atom stereocenters. The fraction of sp³-hybridized carbons (Fsp3) is 0.538. The van der Waals surface area contributed by atoms with Crippen molar-refractivity contribution in [3.8, 4) is 11.5 Å². The second kappa shape index (κ2) is 15.3. The van der Waals surface area contributed by atoms with Crippen molar-refractivity contribution in [3.63, 3.8) is 0 Å². The first-order valence-corrected chi connectivity index (χ1v) is 22.0. The highest BCUT2D eigenvalue weighted by Crippen LogP contribution is 2.70. The molecule has 0 saturated heterocycles. The van der Waals surface area contributed by atoms with Crippen molar-refractivity contribution in [2.45, 2.75) is 124 Å². The molecule has 0 heterocycles. The average molecular weight is 737 g/mol. The van der Waals surface area contributed by atoms with Gasteiger partial charge >= 0.3 is 0 Å². The predicted molar refractivity (Wildman–Crippen MR) is 231 cm³/mol. The zero-order chi connectivity index (χ0) is 38.4. The van der Waals surface area contributed by atoms with Crippen LogP contribution in [0, 0.1) is 52.3 Å². The molecule has 3 nitrogen and oxygen atoms in total. The lowest BCUT2D eigenvalue weighted by atomic mass is 9.42. The molecular formula is C52H68N2O. The summed E-state index contributed by atoms with van der Waals surface area (Å²) >= 11 is 0. The Morgan fingerprint density at radius 1 is 0.600 bits per heavy atom. The van der Waals surface area contributed by atoms with Gasteiger partial charge in [-0.2, -0.15) is 0 Å². The van der Waals surface area contributed by atoms with Gasteiger partial charge in [0.15, 0.2) is 0 Å². The molecule has 4 aromatic rings. The van der Waals surface area contributed by atoms with Gasteiger partial charge in [-0.05, 0) is 187 Å². The van der Waals surface area contributed by atoms with Gasteiger partial charge in [-0.15, -0.1) is 0 Å². The van der Waals surface area contributed by atoms with Gasteiger partial charge < -0.3 is 16.2 Å². The van der Waals surface area contributed by atoms with Gasteiger partial charge in [-0.3, -0.25) is 0 Å². The lowest BCUT2D eigenvalue weighted by Crippen LogP contribution is -2.55. The zero-order valence-electron chi connectivity index (χ0n) is 34.5. The summed E-state index contributed by atoms with van der Waals surface area (Å²) in [4.78, 5) is 0. The third kappa shape index (κ3) is 7.35. The smallest absolute Gasteiger partial charge is 0.127 e. The number of anilines is 2. The van der Waals surface area contributed by atoms with Crippen LogP contribution >= 0.6 is 0 Å². The van der Waals surface area contributed by atoms with Gasteiger partial charge in [-0.25, -0.2) is 0 Å². The highest BCUT2D eigenvalue weighted by Gasteiger charge is 2.62. The van der Waals surface area contributed by atoms with Gasteiger partial charge in [0, 0.05) is 16.8 Å². The molecule has 0 bridgehead atoms. The van der Waals surface area contributed by atoms with Crippen LogP contribution in [0.25, 0.3) is 0 Å². The summed E-state index contributed by atoms with van der Waals surface area (Å²) in [6.07, 6.45) is 17.6. The molecule has 0 radical (unpaired) electrons. The first kappa shape index (κ1) is 38.2. The van der Waals surface area contributed by atoms with Crippen LogP contribution in [-0.2, 0) is 11.8 Å². The molecule has 4 aliphatic carbocycles. The monoisotopic (exact) mass is 737 g/mol. The van der Waals surface area contributed by atoms with Gasteiger partial charge in [0.25, 0.3) is 0 Å². The molecule has 8 rings (SSSR count). The fourth-order valence-corrected chi connectivity index (χ4v) is 13.3. The maximum absolute atomic E-state index is 6.28. The van der Waals surface area contributed by atoms with Crippen molar-refractivity contribution >= 4 is 11.4 Å². The summed E-state index contributed by atoms with van der Waals surface area (Å²) in [5.41, 5.74) is 20.0. The van der Waals surface area contributed by atoms with Crippen molar-refractivity contribution in [2.24, 2.45) is 52.3 Å². The number of nitrogen functional groups attached to an aromatic ring is 2. The minimum atomic E-state index is -0.0104. The Morgan fingerprint density at radius 3 is 1.80 bits per heavy atom. The van der Waals surface area contributed by atoms with E-state index in [0.717, 1.165) is 70.7 Å². The van der Waals surface area contributed by atoms with Crippen LogP contribution in [0.15, 0.2) is 97.1 Å². The Hall–Kier alpha value is -3.72. The summed E-state index contributed by atoms with van der Waals surface area (Å²) in [6, 6.07) is 34.9. The number of hydrogen-bond donors (Lipinski definition) is 2. The summed E-state index contributed by atoms with van der Waals surface area (Å²) in [6.45, 7) is 12.9. The molecule has 4 fully saturated rings. The normalized spacial score (nSPS) is 32.0. The molecule has 0 spiro atoms. The number of hydrogen-bond acceptors (Lipinski definition) is 3. The van der Waals surface area contributed by atoms with E-state index in [4.69, 9.17) is 16.2 Å². The third-order valence-electron chi connectivity index (χ3n) is 16.4. The van der Waals surface area contributed by atoms with Crippen molar-refractivity contribution in [2.75, 3.05) is 11.5 Å². The lowest BCUT2D eigenvalue weighted by molar-refractivity contribution is -0.122. The largest absolute Gasteiger partial charge is 0.457 e. The minimum Gasteiger partial charge on any atom is -0.457 e. The van der Waals surface area contributed by atoms with E-state index in [1.807, 2.05) is 36.4 Å². The molecule has 55 heavy (non-hydrogen) atoms. The van der Waals surface area contributed by atoms with Crippen molar-refractivity contribution < 1.29 is 4.74 Å². The van der Waals surface area contributed by atoms with Crippen molar-refractivity contribution in [3.05, 3.63) is 119 Å². The van der Waals surface area contributed by atoms with E-state index in [-0.39, 0.29) is 5.41 Å². The van der Waals surface area contributed by atoms with Crippen LogP contribution in [0.1, 0.15) is 134 Å². The van der Waals surface area contributed by atoms with Gasteiger partial charge in [0.2, 0.25) is 0 Å². The molecule has 4 saturated carbocycles. The van der Waals surface area contributed by atoms with Gasteiger partial charge in [0.05, 0.1) is 0 Å². The second-order valence-electron chi connectivity index (χ2n) is 19.8. The topological polar surface area (TPSA) is 61.3 Å². The van der Waals surface area contributed by atoms with E-state index in [1.54, 1.807) is 0 Å². The molecule has 0 amide bonds. The Morgan fingerprint density at radius 2 is 1.16 bits per heavy atom. The van der Waals surface area contributed by atoms with E-state index in [9.17, 15) is 0 Å². The number of nitrogens with two attached hydrogens (primary N) is 2. The second-order valence-corrected chi connectivity index (χ2v) is 19.8. The number of rotatable bonds is 11. The summed E-state index contributed by atoms with van der Waals surface area (Å²) < 4.78 is 6.28. The van der Waals surface area contributed by atoms with Gasteiger partial charge in [0.1, 0.15) is 11.5 Å². The number of benzene rings is 4. The maximum atomic E-state index is 6.28. The lowest BCUT2D eigenvalue weighted by Gasteiger charge is -2.63. The minimum absolute atomic E-state index is 0.0104. The predicted octanol–water partition coefficient (Wildman–Crippen LogP) is 13.6. The summed E-state index contributed by atoms with van der Waals surface area (Å²) in [5.74, 6) is 7.75. The molecule has 0 aromatic heterocycles. The molecular weight excluding hydrogens is 669 g/mol. The maximum Gasteiger partial charge on any atom is 0.127 e. The standard InChI is InChI=1S/C52H68N2O/c1-35(2)7-6-8-36(3)47-27-28-48-46-26-17-41-34-52(32-31-50(41,4)49(46)29-30-51(47,48)5,39-13-9-37(10-14-39)33-38-11-18-42(53)19-12-38)40-15-22-44(23-16-40)55-45-24-20-43(54)21-25-45/h9-16,18-25,35-36,41,46-49H,6-8,17,26-34,53-54H2,1-5H3. The van der Waals surface area contributed by atoms with Crippen molar-refractivity contribution in [1.82, 2.24) is 0 Å². The zero-order valence-corrected chi connectivity index (χ0v) is 34.5. The Balaban J connectivity index is 1.05. The average Bonchev–Trinajstić information content (AvgIpc) is 3.54. The van der Waals surface area contributed by atoms with Crippen LogP contribution in [-0.4, -0.2) is 0 Å². The number of ether oxygens (including phenoxy) is 1. The van der Waals surface area contributed by atoms with Crippen LogP contribution in [0.2, 0.25) is 0 Å². The van der Waals surface area contributed by atoms with Crippen molar-refractivity contribution in [1.29, 1.82) is 0 Å². The number of fused-ring (bicyclic) bond motifs is 5. The summed E-state index contributed by atoms with van der Waals surface area (Å²) in [7, 11) is 0. The Bertz CT molecular complexity index is 1790. The fourth-order valence-electron chi connectivity index (χ4n) is 13.3. The molecule has 292 valence electrons. The SMILES string of the molecule is CC(C)CCCC(C)C1CCC2C3CCC4CC(c5ccc(Cc6ccc(N)cc6)cc5)(c5ccc(Oc6ccc(N)cc6)cc5)CCC4(C)C3CCC12C. The molecule has 4 aliphatic rings. The molecule has 3 heteroatoms. The highest BCUT2D eigenvalue weighted by molar-refractivity contribution is 5.47. The van der Waals surface area contributed by atoms with Crippen LogP contribution < -0.4 is 16.2 Å². The van der Waals surface area contributed by atoms with E-state index < -0.39 is 0 Å². The Labute approximate surface area is 333 Å².